The first-order chi connectivity index (χ1) is 7.27. The van der Waals surface area contributed by atoms with E-state index in [-0.39, 0.29) is 0 Å². The van der Waals surface area contributed by atoms with E-state index in [2.05, 4.69) is 40.8 Å². The molecule has 0 amide bonds. The third-order valence-corrected chi connectivity index (χ3v) is 3.07. The van der Waals surface area contributed by atoms with Crippen LogP contribution in [0.25, 0.3) is 0 Å². The number of hydrogen-bond acceptors (Lipinski definition) is 3. The summed E-state index contributed by atoms with van der Waals surface area (Å²) in [5.74, 6) is 0. The van der Waals surface area contributed by atoms with Crippen molar-refractivity contribution in [3.05, 3.63) is 24.5 Å². The van der Waals surface area contributed by atoms with E-state index in [0.29, 0.717) is 6.04 Å². The monoisotopic (exact) mass is 205 g/mol. The molecule has 15 heavy (non-hydrogen) atoms. The maximum atomic E-state index is 4.05. The molecule has 0 atom stereocenters. The standard InChI is InChI=1S/C12H19N3/c1-11(2)14-7-9-15(10-8-14)12-3-5-13-6-4-12/h3-6,11H,7-10H2,1-2H3. The lowest BCUT2D eigenvalue weighted by Crippen LogP contribution is -2.48. The third kappa shape index (κ3) is 2.48. The Bertz CT molecular complexity index is 289. The van der Waals surface area contributed by atoms with Gasteiger partial charge in [0.05, 0.1) is 0 Å². The predicted molar refractivity (Wildman–Crippen MR) is 63.2 cm³/mol. The van der Waals surface area contributed by atoms with Crippen LogP contribution in [0, 0.1) is 0 Å². The molecule has 0 radical (unpaired) electrons. The van der Waals surface area contributed by atoms with Crippen molar-refractivity contribution >= 4 is 5.69 Å². The Morgan fingerprint density at radius 2 is 1.67 bits per heavy atom. The average Bonchev–Trinajstić information content (AvgIpc) is 2.30. The molecule has 82 valence electrons. The van der Waals surface area contributed by atoms with Gasteiger partial charge in [-0.2, -0.15) is 0 Å². The van der Waals surface area contributed by atoms with Crippen molar-refractivity contribution in [3.8, 4) is 0 Å². The summed E-state index contributed by atoms with van der Waals surface area (Å²) in [6, 6.07) is 4.85. The van der Waals surface area contributed by atoms with E-state index in [1.165, 1.54) is 18.8 Å². The molecule has 0 unspecified atom stereocenters. The van der Waals surface area contributed by atoms with Gasteiger partial charge in [-0.3, -0.25) is 9.88 Å². The number of anilines is 1. The summed E-state index contributed by atoms with van der Waals surface area (Å²) < 4.78 is 0. The van der Waals surface area contributed by atoms with E-state index in [0.717, 1.165) is 13.1 Å². The van der Waals surface area contributed by atoms with Crippen LogP contribution in [0.15, 0.2) is 24.5 Å². The summed E-state index contributed by atoms with van der Waals surface area (Å²) in [5, 5.41) is 0. The minimum Gasteiger partial charge on any atom is -0.369 e. The quantitative estimate of drug-likeness (QED) is 0.731. The summed E-state index contributed by atoms with van der Waals surface area (Å²) in [6.07, 6.45) is 3.73. The summed E-state index contributed by atoms with van der Waals surface area (Å²) in [7, 11) is 0. The van der Waals surface area contributed by atoms with Crippen molar-refractivity contribution in [2.24, 2.45) is 0 Å². The molecular formula is C12H19N3. The van der Waals surface area contributed by atoms with Crippen molar-refractivity contribution in [1.29, 1.82) is 0 Å². The molecule has 0 N–H and O–H groups in total. The van der Waals surface area contributed by atoms with Crippen molar-refractivity contribution in [1.82, 2.24) is 9.88 Å². The highest BCUT2D eigenvalue weighted by Gasteiger charge is 2.18. The Balaban J connectivity index is 1.94. The molecule has 1 aromatic heterocycles. The molecule has 0 spiro atoms. The van der Waals surface area contributed by atoms with Gasteiger partial charge < -0.3 is 4.90 Å². The van der Waals surface area contributed by atoms with Gasteiger partial charge in [-0.25, -0.2) is 0 Å². The van der Waals surface area contributed by atoms with Gasteiger partial charge in [0, 0.05) is 50.3 Å². The molecule has 3 heteroatoms. The molecular weight excluding hydrogens is 186 g/mol. The van der Waals surface area contributed by atoms with E-state index in [4.69, 9.17) is 0 Å². The van der Waals surface area contributed by atoms with Gasteiger partial charge in [-0.05, 0) is 26.0 Å². The molecule has 0 saturated carbocycles. The molecule has 1 saturated heterocycles. The highest BCUT2D eigenvalue weighted by atomic mass is 15.3. The fourth-order valence-corrected chi connectivity index (χ4v) is 2.05. The minimum atomic E-state index is 0.671. The van der Waals surface area contributed by atoms with Crippen LogP contribution in [-0.4, -0.2) is 42.1 Å². The molecule has 1 aliphatic rings. The lowest BCUT2D eigenvalue weighted by atomic mass is 10.2. The maximum absolute atomic E-state index is 4.05. The molecule has 1 aliphatic heterocycles. The normalized spacial score (nSPS) is 18.5. The third-order valence-electron chi connectivity index (χ3n) is 3.07. The van der Waals surface area contributed by atoms with Crippen LogP contribution in [0.3, 0.4) is 0 Å². The van der Waals surface area contributed by atoms with Crippen molar-refractivity contribution < 1.29 is 0 Å². The average molecular weight is 205 g/mol. The zero-order chi connectivity index (χ0) is 10.7. The van der Waals surface area contributed by atoms with E-state index >= 15 is 0 Å². The molecule has 0 aromatic carbocycles. The van der Waals surface area contributed by atoms with E-state index < -0.39 is 0 Å². The summed E-state index contributed by atoms with van der Waals surface area (Å²) >= 11 is 0. The van der Waals surface area contributed by atoms with Gasteiger partial charge in [-0.1, -0.05) is 0 Å². The number of pyridine rings is 1. The highest BCUT2D eigenvalue weighted by Crippen LogP contribution is 2.15. The van der Waals surface area contributed by atoms with E-state index in [1.54, 1.807) is 0 Å². The van der Waals surface area contributed by atoms with Gasteiger partial charge in [0.1, 0.15) is 0 Å². The summed E-state index contributed by atoms with van der Waals surface area (Å²) in [6.45, 7) is 9.12. The zero-order valence-electron chi connectivity index (χ0n) is 9.56. The molecule has 1 aromatic rings. The van der Waals surface area contributed by atoms with Crippen LogP contribution < -0.4 is 4.90 Å². The van der Waals surface area contributed by atoms with Crippen molar-refractivity contribution in [3.63, 3.8) is 0 Å². The number of rotatable bonds is 2. The van der Waals surface area contributed by atoms with Crippen LogP contribution in [0.4, 0.5) is 5.69 Å². The summed E-state index contributed by atoms with van der Waals surface area (Å²) in [4.78, 5) is 9.00. The zero-order valence-corrected chi connectivity index (χ0v) is 9.56. The van der Waals surface area contributed by atoms with Crippen LogP contribution in [0.1, 0.15) is 13.8 Å². The Morgan fingerprint density at radius 1 is 1.07 bits per heavy atom. The molecule has 2 rings (SSSR count). The van der Waals surface area contributed by atoms with E-state index in [1.807, 2.05) is 12.4 Å². The largest absolute Gasteiger partial charge is 0.369 e. The molecule has 0 aliphatic carbocycles. The Hall–Kier alpha value is -1.09. The lowest BCUT2D eigenvalue weighted by molar-refractivity contribution is 0.209. The van der Waals surface area contributed by atoms with Crippen LogP contribution in [-0.2, 0) is 0 Å². The SMILES string of the molecule is CC(C)N1CCN(c2ccncc2)CC1. The highest BCUT2D eigenvalue weighted by molar-refractivity contribution is 5.44. The Labute approximate surface area is 91.7 Å². The maximum Gasteiger partial charge on any atom is 0.0397 e. The first-order valence-electron chi connectivity index (χ1n) is 5.66. The Kier molecular flexibility index (Phi) is 3.21. The van der Waals surface area contributed by atoms with Crippen molar-refractivity contribution in [2.45, 2.75) is 19.9 Å². The predicted octanol–water partition coefficient (Wildman–Crippen LogP) is 1.61. The lowest BCUT2D eigenvalue weighted by Gasteiger charge is -2.38. The second-order valence-electron chi connectivity index (χ2n) is 4.32. The fraction of sp³-hybridized carbons (Fsp3) is 0.583. The van der Waals surface area contributed by atoms with Gasteiger partial charge >= 0.3 is 0 Å². The van der Waals surface area contributed by atoms with Gasteiger partial charge in [0.2, 0.25) is 0 Å². The number of aromatic nitrogens is 1. The van der Waals surface area contributed by atoms with Gasteiger partial charge in [0.15, 0.2) is 0 Å². The van der Waals surface area contributed by atoms with E-state index in [9.17, 15) is 0 Å². The summed E-state index contributed by atoms with van der Waals surface area (Å²) in [5.41, 5.74) is 1.30. The van der Waals surface area contributed by atoms with Crippen LogP contribution in [0.2, 0.25) is 0 Å². The van der Waals surface area contributed by atoms with Crippen LogP contribution >= 0.6 is 0 Å². The van der Waals surface area contributed by atoms with Gasteiger partial charge in [-0.15, -0.1) is 0 Å². The topological polar surface area (TPSA) is 19.4 Å². The molecule has 1 fully saturated rings. The second-order valence-corrected chi connectivity index (χ2v) is 4.32. The van der Waals surface area contributed by atoms with Gasteiger partial charge in [0.25, 0.3) is 0 Å². The minimum absolute atomic E-state index is 0.671. The number of hydrogen-bond donors (Lipinski definition) is 0. The first kappa shape index (κ1) is 10.4. The molecule has 0 bridgehead atoms. The Morgan fingerprint density at radius 3 is 2.20 bits per heavy atom. The van der Waals surface area contributed by atoms with Crippen molar-refractivity contribution in [2.75, 3.05) is 31.1 Å². The first-order valence-corrected chi connectivity index (χ1v) is 5.66. The molecule has 2 heterocycles. The number of nitrogens with zero attached hydrogens (tertiary/aromatic N) is 3. The van der Waals surface area contributed by atoms with Crippen LogP contribution in [0.5, 0.6) is 0 Å². The number of piperazine rings is 1. The molecule has 3 nitrogen and oxygen atoms in total. The fourth-order valence-electron chi connectivity index (χ4n) is 2.05. The second kappa shape index (κ2) is 4.62. The smallest absolute Gasteiger partial charge is 0.0397 e.